The standard InChI is InChI=1S/C17H22F3N7O2/c1-10-8-13(23-12-4-6-21-25-12)24-14(22-10)26-7-5-11(9-26)27(15(28)29)16(2,3)17(18,19)20/h4,6,8,11H,5,7,9H2,1-3H3,(H,28,29)(H2,21,22,23,24,25)/t11-/m0/s1. The van der Waals surface area contributed by atoms with E-state index in [2.05, 4.69) is 25.5 Å². The monoisotopic (exact) mass is 413 g/mol. The summed E-state index contributed by atoms with van der Waals surface area (Å²) in [5, 5.41) is 19.1. The molecule has 0 spiro atoms. The van der Waals surface area contributed by atoms with Crippen molar-refractivity contribution in [3.63, 3.8) is 0 Å². The highest BCUT2D eigenvalue weighted by atomic mass is 19.4. The van der Waals surface area contributed by atoms with Gasteiger partial charge in [0.15, 0.2) is 5.82 Å². The van der Waals surface area contributed by atoms with Crippen LogP contribution < -0.4 is 10.2 Å². The van der Waals surface area contributed by atoms with Gasteiger partial charge in [0.25, 0.3) is 0 Å². The summed E-state index contributed by atoms with van der Waals surface area (Å²) in [6.45, 7) is 3.92. The van der Waals surface area contributed by atoms with Gasteiger partial charge in [0.1, 0.15) is 11.4 Å². The lowest BCUT2D eigenvalue weighted by molar-refractivity contribution is -0.218. The Kier molecular flexibility index (Phi) is 5.28. The zero-order valence-electron chi connectivity index (χ0n) is 16.2. The number of aromatic amines is 1. The molecule has 0 radical (unpaired) electrons. The highest BCUT2D eigenvalue weighted by molar-refractivity contribution is 5.67. The number of rotatable bonds is 5. The van der Waals surface area contributed by atoms with Crippen LogP contribution in [-0.2, 0) is 0 Å². The van der Waals surface area contributed by atoms with Crippen molar-refractivity contribution in [1.82, 2.24) is 25.1 Å². The summed E-state index contributed by atoms with van der Waals surface area (Å²) in [7, 11) is 0. The Morgan fingerprint density at radius 1 is 1.34 bits per heavy atom. The fourth-order valence-corrected chi connectivity index (χ4v) is 3.34. The van der Waals surface area contributed by atoms with Crippen LogP contribution in [-0.4, -0.2) is 67.1 Å². The van der Waals surface area contributed by atoms with Crippen molar-refractivity contribution < 1.29 is 23.1 Å². The lowest BCUT2D eigenvalue weighted by atomic mass is 9.99. The van der Waals surface area contributed by atoms with Crippen LogP contribution in [0.15, 0.2) is 18.3 Å². The molecule has 29 heavy (non-hydrogen) atoms. The maximum atomic E-state index is 13.4. The summed E-state index contributed by atoms with van der Waals surface area (Å²) in [6, 6.07) is 2.59. The van der Waals surface area contributed by atoms with Gasteiger partial charge in [-0.1, -0.05) is 0 Å². The minimum atomic E-state index is -4.70. The second-order valence-corrected chi connectivity index (χ2v) is 7.38. The van der Waals surface area contributed by atoms with Crippen molar-refractivity contribution in [3.05, 3.63) is 24.0 Å². The fourth-order valence-electron chi connectivity index (χ4n) is 3.34. The number of carboxylic acid groups (broad SMARTS) is 1. The number of hydrogen-bond donors (Lipinski definition) is 3. The van der Waals surface area contributed by atoms with E-state index in [0.717, 1.165) is 13.8 Å². The maximum absolute atomic E-state index is 13.4. The molecule has 0 saturated carbocycles. The first-order valence-corrected chi connectivity index (χ1v) is 8.95. The number of aryl methyl sites for hydroxylation is 1. The minimum Gasteiger partial charge on any atom is -0.465 e. The van der Waals surface area contributed by atoms with E-state index in [4.69, 9.17) is 0 Å². The topological polar surface area (TPSA) is 110 Å². The van der Waals surface area contributed by atoms with Crippen LogP contribution in [0.25, 0.3) is 0 Å². The van der Waals surface area contributed by atoms with Gasteiger partial charge in [0.2, 0.25) is 5.95 Å². The van der Waals surface area contributed by atoms with Crippen molar-refractivity contribution in [1.29, 1.82) is 0 Å². The molecule has 1 atom stereocenters. The molecule has 1 saturated heterocycles. The Hall–Kier alpha value is -3.05. The van der Waals surface area contributed by atoms with Gasteiger partial charge in [-0.3, -0.25) is 10.00 Å². The maximum Gasteiger partial charge on any atom is 0.411 e. The predicted octanol–water partition coefficient (Wildman–Crippen LogP) is 3.15. The van der Waals surface area contributed by atoms with Gasteiger partial charge in [-0.2, -0.15) is 23.3 Å². The first-order valence-electron chi connectivity index (χ1n) is 8.95. The van der Waals surface area contributed by atoms with E-state index in [1.807, 2.05) is 0 Å². The van der Waals surface area contributed by atoms with Gasteiger partial charge in [0.05, 0.1) is 6.04 Å². The molecular weight excluding hydrogens is 391 g/mol. The number of hydrogen-bond acceptors (Lipinski definition) is 6. The molecule has 1 aliphatic rings. The van der Waals surface area contributed by atoms with E-state index in [1.54, 1.807) is 30.2 Å². The Morgan fingerprint density at radius 3 is 2.66 bits per heavy atom. The number of amides is 1. The Labute approximate surface area is 164 Å². The highest BCUT2D eigenvalue weighted by Crippen LogP contribution is 2.38. The van der Waals surface area contributed by atoms with E-state index in [0.29, 0.717) is 34.7 Å². The number of nitrogens with zero attached hydrogens (tertiary/aromatic N) is 5. The third kappa shape index (κ3) is 4.20. The number of alkyl halides is 3. The molecule has 2 aromatic rings. The molecule has 0 aliphatic carbocycles. The van der Waals surface area contributed by atoms with E-state index in [1.165, 1.54) is 0 Å². The summed E-state index contributed by atoms with van der Waals surface area (Å²) >= 11 is 0. The van der Waals surface area contributed by atoms with Crippen LogP contribution in [0.1, 0.15) is 26.0 Å². The molecule has 3 N–H and O–H groups in total. The third-order valence-electron chi connectivity index (χ3n) is 4.91. The molecule has 3 heterocycles. The summed E-state index contributed by atoms with van der Waals surface area (Å²) in [5.74, 6) is 1.35. The number of carbonyl (C=O) groups is 1. The fraction of sp³-hybridized carbons (Fsp3) is 0.529. The van der Waals surface area contributed by atoms with Crippen LogP contribution in [0.2, 0.25) is 0 Å². The summed E-state index contributed by atoms with van der Waals surface area (Å²) < 4.78 is 40.3. The molecule has 0 unspecified atom stereocenters. The van der Waals surface area contributed by atoms with E-state index >= 15 is 0 Å². The van der Waals surface area contributed by atoms with Crippen LogP contribution in [0.5, 0.6) is 0 Å². The number of anilines is 3. The van der Waals surface area contributed by atoms with Crippen LogP contribution in [0.3, 0.4) is 0 Å². The number of halogens is 3. The minimum absolute atomic E-state index is 0.0666. The lowest BCUT2D eigenvalue weighted by Gasteiger charge is -2.41. The normalized spacial score (nSPS) is 17.4. The zero-order valence-corrected chi connectivity index (χ0v) is 16.2. The number of aromatic nitrogens is 4. The predicted molar refractivity (Wildman–Crippen MR) is 99.3 cm³/mol. The first kappa shape index (κ1) is 20.7. The smallest absolute Gasteiger partial charge is 0.411 e. The summed E-state index contributed by atoms with van der Waals surface area (Å²) in [6.07, 6.45) is -4.42. The van der Waals surface area contributed by atoms with Gasteiger partial charge < -0.3 is 15.3 Å². The van der Waals surface area contributed by atoms with Crippen LogP contribution in [0.4, 0.5) is 35.5 Å². The molecule has 1 amide bonds. The average molecular weight is 413 g/mol. The molecule has 3 rings (SSSR count). The van der Waals surface area contributed by atoms with E-state index in [9.17, 15) is 23.1 Å². The molecule has 12 heteroatoms. The molecule has 158 valence electrons. The molecule has 1 aliphatic heterocycles. The van der Waals surface area contributed by atoms with Gasteiger partial charge >= 0.3 is 12.3 Å². The Balaban J connectivity index is 1.81. The van der Waals surface area contributed by atoms with Gasteiger partial charge in [-0.05, 0) is 27.2 Å². The Morgan fingerprint density at radius 2 is 2.07 bits per heavy atom. The van der Waals surface area contributed by atoms with Crippen molar-refractivity contribution in [2.45, 2.75) is 44.9 Å². The van der Waals surface area contributed by atoms with Crippen molar-refractivity contribution in [3.8, 4) is 0 Å². The van der Waals surface area contributed by atoms with Crippen LogP contribution in [0, 0.1) is 6.92 Å². The second kappa shape index (κ2) is 7.41. The molecule has 9 nitrogen and oxygen atoms in total. The molecule has 0 aromatic carbocycles. The van der Waals surface area contributed by atoms with E-state index in [-0.39, 0.29) is 13.0 Å². The third-order valence-corrected chi connectivity index (χ3v) is 4.91. The quantitative estimate of drug-likeness (QED) is 0.691. The first-order chi connectivity index (χ1) is 13.5. The molecule has 0 bridgehead atoms. The van der Waals surface area contributed by atoms with E-state index < -0.39 is 23.9 Å². The van der Waals surface area contributed by atoms with Crippen molar-refractivity contribution in [2.75, 3.05) is 23.3 Å². The van der Waals surface area contributed by atoms with Crippen molar-refractivity contribution in [2.24, 2.45) is 0 Å². The second-order valence-electron chi connectivity index (χ2n) is 7.38. The lowest BCUT2D eigenvalue weighted by Crippen LogP contribution is -2.60. The summed E-state index contributed by atoms with van der Waals surface area (Å²) in [5.41, 5.74) is -1.86. The van der Waals surface area contributed by atoms with Crippen molar-refractivity contribution >= 4 is 23.7 Å². The zero-order chi connectivity index (χ0) is 21.4. The number of nitrogens with one attached hydrogen (secondary N) is 2. The van der Waals surface area contributed by atoms with Crippen LogP contribution >= 0.6 is 0 Å². The highest BCUT2D eigenvalue weighted by Gasteiger charge is 2.56. The molecular formula is C17H22F3N7O2. The SMILES string of the molecule is Cc1cc(Nc2cc[nH]n2)nc(N2CC[C@H](N(C(=O)O)C(C)(C)C(F)(F)F)C2)n1. The largest absolute Gasteiger partial charge is 0.465 e. The number of H-pyrrole nitrogens is 1. The van der Waals surface area contributed by atoms with Gasteiger partial charge in [0, 0.05) is 37.1 Å². The van der Waals surface area contributed by atoms with Gasteiger partial charge in [-0.15, -0.1) is 0 Å². The average Bonchev–Trinajstić information content (AvgIpc) is 3.25. The van der Waals surface area contributed by atoms with Gasteiger partial charge in [-0.25, -0.2) is 9.78 Å². The Bertz CT molecular complexity index is 870. The molecule has 2 aromatic heterocycles. The molecule has 1 fully saturated rings. The summed E-state index contributed by atoms with van der Waals surface area (Å²) in [4.78, 5) is 22.6.